The van der Waals surface area contributed by atoms with Crippen LogP contribution in [0.4, 0.5) is 0 Å². The molecule has 0 bridgehead atoms. The number of aromatic nitrogens is 1. The number of ether oxygens (including phenoxy) is 2. The number of hydrogen-bond donors (Lipinski definition) is 1. The quantitative estimate of drug-likeness (QED) is 0.618. The maximum Gasteiger partial charge on any atom is 0.333 e. The van der Waals surface area contributed by atoms with Crippen LogP contribution in [0.1, 0.15) is 18.1 Å². The molecule has 2 aromatic carbocycles. The van der Waals surface area contributed by atoms with Crippen molar-refractivity contribution < 1.29 is 19.4 Å². The van der Waals surface area contributed by atoms with Crippen molar-refractivity contribution in [1.29, 1.82) is 0 Å². The molecule has 0 saturated carbocycles. The predicted molar refractivity (Wildman–Crippen MR) is 104 cm³/mol. The molecule has 3 rings (SSSR count). The third-order valence-corrected chi connectivity index (χ3v) is 4.34. The molecule has 1 heterocycles. The first-order chi connectivity index (χ1) is 13.0. The average Bonchev–Trinajstić information content (AvgIpc) is 2.67. The molecule has 0 aliphatic heterocycles. The Bertz CT molecular complexity index is 927. The van der Waals surface area contributed by atoms with E-state index in [9.17, 15) is 9.90 Å². The van der Waals surface area contributed by atoms with Crippen molar-refractivity contribution >= 4 is 28.5 Å². The third-order valence-electron chi connectivity index (χ3n) is 4.09. The molecular formula is C21H20ClNO4. The smallest absolute Gasteiger partial charge is 0.333 e. The van der Waals surface area contributed by atoms with E-state index < -0.39 is 12.1 Å². The molecule has 0 fully saturated rings. The Morgan fingerprint density at radius 2 is 1.93 bits per heavy atom. The molecule has 6 heteroatoms. The second kappa shape index (κ2) is 8.84. The van der Waals surface area contributed by atoms with Crippen molar-refractivity contribution in [2.45, 2.75) is 26.1 Å². The molecule has 0 aliphatic carbocycles. The van der Waals surface area contributed by atoms with Gasteiger partial charge in [-0.1, -0.05) is 23.7 Å². The summed E-state index contributed by atoms with van der Waals surface area (Å²) in [4.78, 5) is 15.7. The predicted octanol–water partition coefficient (Wildman–Crippen LogP) is 4.50. The first-order valence-corrected chi connectivity index (χ1v) is 9.03. The number of halogens is 1. The minimum absolute atomic E-state index is 0.266. The normalized spacial score (nSPS) is 12.1. The van der Waals surface area contributed by atoms with Gasteiger partial charge in [0.2, 0.25) is 0 Å². The molecular weight excluding hydrogens is 366 g/mol. The van der Waals surface area contributed by atoms with Crippen LogP contribution in [0.15, 0.2) is 54.7 Å². The number of rotatable bonds is 8. The highest BCUT2D eigenvalue weighted by Crippen LogP contribution is 2.22. The molecule has 140 valence electrons. The molecule has 27 heavy (non-hydrogen) atoms. The van der Waals surface area contributed by atoms with E-state index in [0.29, 0.717) is 18.2 Å². The summed E-state index contributed by atoms with van der Waals surface area (Å²) in [6, 6.07) is 15.1. The minimum Gasteiger partial charge on any atom is -0.489 e. The number of carboxylic acid groups (broad SMARTS) is 1. The van der Waals surface area contributed by atoms with E-state index in [1.54, 1.807) is 13.1 Å². The van der Waals surface area contributed by atoms with Crippen LogP contribution in [0.5, 0.6) is 5.75 Å². The minimum atomic E-state index is -0.975. The van der Waals surface area contributed by atoms with Crippen LogP contribution < -0.4 is 4.74 Å². The maximum absolute atomic E-state index is 11.3. The van der Waals surface area contributed by atoms with E-state index >= 15 is 0 Å². The highest BCUT2D eigenvalue weighted by atomic mass is 35.5. The molecule has 1 aromatic heterocycles. The van der Waals surface area contributed by atoms with Gasteiger partial charge in [0, 0.05) is 29.6 Å². The zero-order valence-corrected chi connectivity index (χ0v) is 15.6. The summed E-state index contributed by atoms with van der Waals surface area (Å²) in [7, 11) is 0. The van der Waals surface area contributed by atoms with E-state index in [1.807, 2.05) is 48.5 Å². The Kier molecular flexibility index (Phi) is 6.27. The number of carbonyl (C=O) groups is 1. The summed E-state index contributed by atoms with van der Waals surface area (Å²) in [5.74, 6) is -0.256. The first kappa shape index (κ1) is 19.1. The lowest BCUT2D eigenvalue weighted by molar-refractivity contribution is -0.149. The lowest BCUT2D eigenvalue weighted by atomic mass is 10.1. The fraction of sp³-hybridized carbons (Fsp3) is 0.238. The van der Waals surface area contributed by atoms with Crippen LogP contribution in [0, 0.1) is 0 Å². The van der Waals surface area contributed by atoms with Crippen molar-refractivity contribution in [2.24, 2.45) is 0 Å². The van der Waals surface area contributed by atoms with Gasteiger partial charge in [0.1, 0.15) is 12.4 Å². The number of hydrogen-bond acceptors (Lipinski definition) is 4. The molecule has 1 atom stereocenters. The van der Waals surface area contributed by atoms with E-state index in [-0.39, 0.29) is 6.42 Å². The van der Waals surface area contributed by atoms with Crippen LogP contribution in [0.2, 0.25) is 5.02 Å². The molecule has 1 unspecified atom stereocenters. The summed E-state index contributed by atoms with van der Waals surface area (Å²) >= 11 is 5.89. The second-order valence-electron chi connectivity index (χ2n) is 6.10. The highest BCUT2D eigenvalue weighted by Gasteiger charge is 2.18. The van der Waals surface area contributed by atoms with E-state index in [4.69, 9.17) is 21.1 Å². The van der Waals surface area contributed by atoms with Crippen molar-refractivity contribution in [3.05, 3.63) is 70.9 Å². The van der Waals surface area contributed by atoms with Gasteiger partial charge in [-0.3, -0.25) is 4.98 Å². The van der Waals surface area contributed by atoms with Gasteiger partial charge in [-0.05, 0) is 54.4 Å². The van der Waals surface area contributed by atoms with E-state index in [0.717, 1.165) is 27.8 Å². The number of benzene rings is 2. The number of fused-ring (bicyclic) bond motifs is 1. The third kappa shape index (κ3) is 5.18. The fourth-order valence-corrected chi connectivity index (χ4v) is 2.86. The summed E-state index contributed by atoms with van der Waals surface area (Å²) in [5, 5.41) is 10.8. The summed E-state index contributed by atoms with van der Waals surface area (Å²) in [6.07, 6.45) is 1.08. The Labute approximate surface area is 162 Å². The van der Waals surface area contributed by atoms with Crippen LogP contribution in [0.3, 0.4) is 0 Å². The average molecular weight is 386 g/mol. The van der Waals surface area contributed by atoms with Gasteiger partial charge in [-0.15, -0.1) is 0 Å². The van der Waals surface area contributed by atoms with E-state index in [1.165, 1.54) is 0 Å². The number of aliphatic carboxylic acids is 1. The zero-order chi connectivity index (χ0) is 19.2. The second-order valence-corrected chi connectivity index (χ2v) is 6.54. The van der Waals surface area contributed by atoms with Gasteiger partial charge in [-0.2, -0.15) is 0 Å². The molecule has 3 aromatic rings. The van der Waals surface area contributed by atoms with Gasteiger partial charge in [-0.25, -0.2) is 4.79 Å². The molecule has 0 radical (unpaired) electrons. The first-order valence-electron chi connectivity index (χ1n) is 8.65. The van der Waals surface area contributed by atoms with E-state index in [2.05, 4.69) is 4.98 Å². The van der Waals surface area contributed by atoms with Gasteiger partial charge in [0.15, 0.2) is 6.10 Å². The van der Waals surface area contributed by atoms with Gasteiger partial charge < -0.3 is 14.6 Å². The lowest BCUT2D eigenvalue weighted by Gasteiger charge is -2.13. The highest BCUT2D eigenvalue weighted by molar-refractivity contribution is 6.30. The monoisotopic (exact) mass is 385 g/mol. The van der Waals surface area contributed by atoms with Crippen LogP contribution in [-0.4, -0.2) is 28.8 Å². The standard InChI is InChI=1S/C21H20ClNO4/c1-2-26-20(21(24)25)10-15-9-16-11-18(7-8-19(16)23-12-15)27-13-14-3-5-17(22)6-4-14/h3-9,11-12,20H,2,10,13H2,1H3,(H,24,25). The van der Waals surface area contributed by atoms with Gasteiger partial charge >= 0.3 is 5.97 Å². The Balaban J connectivity index is 1.75. The van der Waals surface area contributed by atoms with Crippen LogP contribution in [-0.2, 0) is 22.6 Å². The number of pyridine rings is 1. The SMILES string of the molecule is CCOC(Cc1cnc2ccc(OCc3ccc(Cl)cc3)cc2c1)C(=O)O. The zero-order valence-electron chi connectivity index (χ0n) is 14.9. The Morgan fingerprint density at radius 3 is 2.63 bits per heavy atom. The van der Waals surface area contributed by atoms with Gasteiger partial charge in [0.25, 0.3) is 0 Å². The fourth-order valence-electron chi connectivity index (χ4n) is 2.74. The van der Waals surface area contributed by atoms with Crippen LogP contribution >= 0.6 is 11.6 Å². The van der Waals surface area contributed by atoms with Crippen molar-refractivity contribution in [3.8, 4) is 5.75 Å². The Hall–Kier alpha value is -2.63. The number of carboxylic acids is 1. The van der Waals surface area contributed by atoms with Crippen molar-refractivity contribution in [1.82, 2.24) is 4.98 Å². The topological polar surface area (TPSA) is 68.7 Å². The summed E-state index contributed by atoms with van der Waals surface area (Å²) in [6.45, 7) is 2.56. The van der Waals surface area contributed by atoms with Crippen LogP contribution in [0.25, 0.3) is 10.9 Å². The molecule has 5 nitrogen and oxygen atoms in total. The van der Waals surface area contributed by atoms with Gasteiger partial charge in [0.05, 0.1) is 5.52 Å². The van der Waals surface area contributed by atoms with Crippen molar-refractivity contribution in [2.75, 3.05) is 6.61 Å². The van der Waals surface area contributed by atoms with Crippen molar-refractivity contribution in [3.63, 3.8) is 0 Å². The molecule has 0 aliphatic rings. The number of nitrogens with zero attached hydrogens (tertiary/aromatic N) is 1. The Morgan fingerprint density at radius 1 is 1.15 bits per heavy atom. The molecule has 0 saturated heterocycles. The molecule has 0 amide bonds. The summed E-state index contributed by atoms with van der Waals surface area (Å²) in [5.41, 5.74) is 2.64. The lowest BCUT2D eigenvalue weighted by Crippen LogP contribution is -2.26. The maximum atomic E-state index is 11.3. The largest absolute Gasteiger partial charge is 0.489 e. The molecule has 1 N–H and O–H groups in total. The molecule has 0 spiro atoms. The summed E-state index contributed by atoms with van der Waals surface area (Å²) < 4.78 is 11.1.